The number of unbranched alkanes of at least 4 members (excludes halogenated alkanes) is 1. The van der Waals surface area contributed by atoms with Crippen molar-refractivity contribution in [3.05, 3.63) is 59.1 Å². The van der Waals surface area contributed by atoms with Gasteiger partial charge in [0.15, 0.2) is 0 Å². The molecule has 2 N–H and O–H groups in total. The third kappa shape index (κ3) is 5.28. The lowest BCUT2D eigenvalue weighted by Crippen LogP contribution is -2.19. The zero-order chi connectivity index (χ0) is 17.4. The van der Waals surface area contributed by atoms with Gasteiger partial charge in [-0.25, -0.2) is 9.59 Å². The molecule has 0 aromatic heterocycles. The zero-order valence-electron chi connectivity index (χ0n) is 13.3. The Kier molecular flexibility index (Phi) is 6.63. The molecule has 24 heavy (non-hydrogen) atoms. The maximum atomic E-state index is 12.0. The van der Waals surface area contributed by atoms with Gasteiger partial charge in [0, 0.05) is 5.69 Å². The van der Waals surface area contributed by atoms with Crippen molar-refractivity contribution in [3.8, 4) is 0 Å². The van der Waals surface area contributed by atoms with Crippen LogP contribution < -0.4 is 10.6 Å². The van der Waals surface area contributed by atoms with Crippen molar-refractivity contribution in [1.82, 2.24) is 0 Å². The van der Waals surface area contributed by atoms with Crippen LogP contribution in [0.3, 0.4) is 0 Å². The van der Waals surface area contributed by atoms with E-state index in [9.17, 15) is 9.59 Å². The number of rotatable bonds is 6. The number of esters is 1. The van der Waals surface area contributed by atoms with E-state index in [0.29, 0.717) is 28.6 Å². The van der Waals surface area contributed by atoms with Crippen LogP contribution in [0.5, 0.6) is 0 Å². The van der Waals surface area contributed by atoms with Crippen molar-refractivity contribution in [3.63, 3.8) is 0 Å². The van der Waals surface area contributed by atoms with E-state index in [-0.39, 0.29) is 5.97 Å². The van der Waals surface area contributed by atoms with E-state index in [4.69, 9.17) is 16.3 Å². The van der Waals surface area contributed by atoms with Crippen LogP contribution in [-0.4, -0.2) is 18.6 Å². The van der Waals surface area contributed by atoms with Crippen LogP contribution in [0.2, 0.25) is 5.02 Å². The Hall–Kier alpha value is -2.53. The summed E-state index contributed by atoms with van der Waals surface area (Å²) < 4.78 is 5.13. The standard InChI is InChI=1S/C18H19ClN2O3/c1-2-3-12-24-17(22)13-8-10-14(11-9-13)20-18(23)21-16-7-5-4-6-15(16)19/h4-11H,2-3,12H2,1H3,(H2,20,21,23). The van der Waals surface area contributed by atoms with E-state index < -0.39 is 6.03 Å². The van der Waals surface area contributed by atoms with Crippen LogP contribution in [0.4, 0.5) is 16.2 Å². The number of urea groups is 1. The highest BCUT2D eigenvalue weighted by molar-refractivity contribution is 6.33. The SMILES string of the molecule is CCCCOC(=O)c1ccc(NC(=O)Nc2ccccc2Cl)cc1. The summed E-state index contributed by atoms with van der Waals surface area (Å²) >= 11 is 5.99. The first-order chi connectivity index (χ1) is 11.6. The van der Waals surface area contributed by atoms with Gasteiger partial charge in [-0.3, -0.25) is 0 Å². The minimum absolute atomic E-state index is 0.365. The molecule has 2 amide bonds. The molecule has 0 heterocycles. The van der Waals surface area contributed by atoms with Gasteiger partial charge >= 0.3 is 12.0 Å². The third-order valence-electron chi connectivity index (χ3n) is 3.23. The van der Waals surface area contributed by atoms with Gasteiger partial charge in [0.05, 0.1) is 22.9 Å². The molecule has 0 atom stereocenters. The van der Waals surface area contributed by atoms with Crippen LogP contribution >= 0.6 is 11.6 Å². The maximum Gasteiger partial charge on any atom is 0.338 e. The summed E-state index contributed by atoms with van der Waals surface area (Å²) in [4.78, 5) is 23.7. The van der Waals surface area contributed by atoms with Gasteiger partial charge in [0.1, 0.15) is 0 Å². The monoisotopic (exact) mass is 346 g/mol. The summed E-state index contributed by atoms with van der Waals surface area (Å²) in [6.07, 6.45) is 1.81. The molecule has 0 bridgehead atoms. The number of ether oxygens (including phenoxy) is 1. The molecule has 0 fully saturated rings. The minimum Gasteiger partial charge on any atom is -0.462 e. The number of amides is 2. The van der Waals surface area contributed by atoms with Crippen molar-refractivity contribution in [2.75, 3.05) is 17.2 Å². The van der Waals surface area contributed by atoms with Crippen molar-refractivity contribution >= 4 is 35.0 Å². The Morgan fingerprint density at radius 1 is 1.04 bits per heavy atom. The van der Waals surface area contributed by atoms with E-state index >= 15 is 0 Å². The van der Waals surface area contributed by atoms with Gasteiger partial charge in [0.2, 0.25) is 0 Å². The van der Waals surface area contributed by atoms with Gasteiger partial charge < -0.3 is 15.4 Å². The van der Waals surface area contributed by atoms with Gasteiger partial charge in [-0.05, 0) is 42.8 Å². The summed E-state index contributed by atoms with van der Waals surface area (Å²) in [7, 11) is 0. The molecule has 6 heteroatoms. The van der Waals surface area contributed by atoms with E-state index in [2.05, 4.69) is 10.6 Å². The van der Waals surface area contributed by atoms with E-state index in [1.54, 1.807) is 48.5 Å². The number of benzene rings is 2. The first-order valence-electron chi connectivity index (χ1n) is 7.70. The zero-order valence-corrected chi connectivity index (χ0v) is 14.1. The molecule has 126 valence electrons. The van der Waals surface area contributed by atoms with Gasteiger partial charge in [-0.1, -0.05) is 37.1 Å². The second-order valence-corrected chi connectivity index (χ2v) is 5.53. The Morgan fingerprint density at radius 2 is 1.75 bits per heavy atom. The molecule has 0 unspecified atom stereocenters. The quantitative estimate of drug-likeness (QED) is 0.575. The molecule has 2 aromatic rings. The fraction of sp³-hybridized carbons (Fsp3) is 0.222. The van der Waals surface area contributed by atoms with E-state index in [1.807, 2.05) is 6.92 Å². The number of nitrogens with one attached hydrogen (secondary N) is 2. The normalized spacial score (nSPS) is 10.1. The number of carbonyl (C=O) groups is 2. The fourth-order valence-corrected chi connectivity index (χ4v) is 2.11. The molecule has 2 rings (SSSR count). The van der Waals surface area contributed by atoms with Crippen molar-refractivity contribution in [2.24, 2.45) is 0 Å². The molecule has 0 saturated carbocycles. The van der Waals surface area contributed by atoms with Gasteiger partial charge in [-0.2, -0.15) is 0 Å². The highest BCUT2D eigenvalue weighted by Gasteiger charge is 2.08. The minimum atomic E-state index is -0.415. The topological polar surface area (TPSA) is 67.4 Å². The lowest BCUT2D eigenvalue weighted by molar-refractivity contribution is 0.0500. The highest BCUT2D eigenvalue weighted by Crippen LogP contribution is 2.20. The third-order valence-corrected chi connectivity index (χ3v) is 3.56. The Labute approximate surface area is 146 Å². The smallest absolute Gasteiger partial charge is 0.338 e. The number of carbonyl (C=O) groups excluding carboxylic acids is 2. The number of anilines is 2. The fourth-order valence-electron chi connectivity index (χ4n) is 1.93. The largest absolute Gasteiger partial charge is 0.462 e. The predicted octanol–water partition coefficient (Wildman–Crippen LogP) is 4.94. The Morgan fingerprint density at radius 3 is 2.42 bits per heavy atom. The molecular weight excluding hydrogens is 328 g/mol. The average molecular weight is 347 g/mol. The summed E-state index contributed by atoms with van der Waals surface area (Å²) in [5, 5.41) is 5.79. The van der Waals surface area contributed by atoms with Crippen molar-refractivity contribution < 1.29 is 14.3 Å². The Balaban J connectivity index is 1.90. The summed E-state index contributed by atoms with van der Waals surface area (Å²) in [6, 6.07) is 13.0. The summed E-state index contributed by atoms with van der Waals surface area (Å²) in [5.74, 6) is -0.365. The molecule has 0 saturated heterocycles. The lowest BCUT2D eigenvalue weighted by Gasteiger charge is -2.09. The summed E-state index contributed by atoms with van der Waals surface area (Å²) in [6.45, 7) is 2.44. The van der Waals surface area contributed by atoms with Crippen LogP contribution in [0.15, 0.2) is 48.5 Å². The van der Waals surface area contributed by atoms with E-state index in [1.165, 1.54) is 0 Å². The molecule has 0 spiro atoms. The molecule has 0 aliphatic rings. The Bertz CT molecular complexity index is 702. The van der Waals surface area contributed by atoms with Crippen LogP contribution in [0.25, 0.3) is 0 Å². The van der Waals surface area contributed by atoms with Gasteiger partial charge in [-0.15, -0.1) is 0 Å². The first kappa shape index (κ1) is 17.8. The molecule has 0 aliphatic heterocycles. The van der Waals surface area contributed by atoms with Crippen LogP contribution in [0.1, 0.15) is 30.1 Å². The van der Waals surface area contributed by atoms with Crippen LogP contribution in [-0.2, 0) is 4.74 Å². The molecular formula is C18H19ClN2O3. The number of hydrogen-bond donors (Lipinski definition) is 2. The van der Waals surface area contributed by atoms with Crippen LogP contribution in [0, 0.1) is 0 Å². The van der Waals surface area contributed by atoms with Gasteiger partial charge in [0.25, 0.3) is 0 Å². The van der Waals surface area contributed by atoms with Crippen molar-refractivity contribution in [2.45, 2.75) is 19.8 Å². The number of para-hydroxylation sites is 1. The first-order valence-corrected chi connectivity index (χ1v) is 8.07. The van der Waals surface area contributed by atoms with E-state index in [0.717, 1.165) is 12.8 Å². The maximum absolute atomic E-state index is 12.0. The van der Waals surface area contributed by atoms with Crippen molar-refractivity contribution in [1.29, 1.82) is 0 Å². The number of halogens is 1. The average Bonchev–Trinajstić information content (AvgIpc) is 2.58. The summed E-state index contributed by atoms with van der Waals surface area (Å²) in [5.41, 5.74) is 1.53. The second-order valence-electron chi connectivity index (χ2n) is 5.13. The molecule has 0 aliphatic carbocycles. The highest BCUT2D eigenvalue weighted by atomic mass is 35.5. The molecule has 2 aromatic carbocycles. The number of hydrogen-bond acceptors (Lipinski definition) is 3. The molecule has 0 radical (unpaired) electrons. The lowest BCUT2D eigenvalue weighted by atomic mass is 10.2. The second kappa shape index (κ2) is 8.93. The molecule has 5 nitrogen and oxygen atoms in total. The predicted molar refractivity (Wildman–Crippen MR) is 95.7 cm³/mol.